The average molecular weight is 410 g/mol. The van der Waals surface area contributed by atoms with Gasteiger partial charge < -0.3 is 14.7 Å². The van der Waals surface area contributed by atoms with Crippen molar-refractivity contribution >= 4 is 17.3 Å². The Hall–Kier alpha value is -2.58. The van der Waals surface area contributed by atoms with E-state index >= 15 is 0 Å². The van der Waals surface area contributed by atoms with E-state index in [-0.39, 0.29) is 29.5 Å². The van der Waals surface area contributed by atoms with Crippen LogP contribution in [0.3, 0.4) is 0 Å². The number of aryl methyl sites for hydroxylation is 2. The molecule has 1 amide bonds. The Morgan fingerprint density at radius 1 is 1.20 bits per heavy atom. The van der Waals surface area contributed by atoms with Crippen LogP contribution >= 0.6 is 0 Å². The molecule has 1 heterocycles. The fraction of sp³-hybridized carbons (Fsp3) is 0.520. The molecule has 1 N–H and O–H groups in total. The van der Waals surface area contributed by atoms with E-state index in [1.54, 1.807) is 6.92 Å². The van der Waals surface area contributed by atoms with Crippen LogP contribution in [0.4, 0.5) is 0 Å². The van der Waals surface area contributed by atoms with Crippen LogP contribution in [0.15, 0.2) is 17.9 Å². The standard InChI is InChI=1S/C25H31NO4/c1-5-7-19-12-17(3)23(18(4)13-19)24-20(27)14-25(15-21(24)28)8-10-26(11-9-25)22(29)16-30-6-2/h12-13,27H,6,8-11,14-16H2,1-4H3. The highest BCUT2D eigenvalue weighted by molar-refractivity contribution is 6.23. The number of piperidine rings is 1. The van der Waals surface area contributed by atoms with Gasteiger partial charge in [0, 0.05) is 38.1 Å². The Morgan fingerprint density at radius 3 is 2.37 bits per heavy atom. The number of carbonyl (C=O) groups excluding carboxylic acids is 2. The van der Waals surface area contributed by atoms with Crippen LogP contribution in [-0.4, -0.2) is 48.0 Å². The number of hydrogen-bond acceptors (Lipinski definition) is 4. The van der Waals surface area contributed by atoms with Gasteiger partial charge in [0.25, 0.3) is 0 Å². The van der Waals surface area contributed by atoms with Crippen molar-refractivity contribution in [1.82, 2.24) is 4.90 Å². The fourth-order valence-electron chi connectivity index (χ4n) is 4.82. The number of hydrogen-bond donors (Lipinski definition) is 1. The summed E-state index contributed by atoms with van der Waals surface area (Å²) in [6, 6.07) is 3.94. The SMILES string of the molecule is CC#Cc1cc(C)c(C2=C(O)CC3(CCN(C(=O)COCC)CC3)CC2=O)c(C)c1. The normalized spacial score (nSPS) is 18.4. The maximum atomic E-state index is 13.2. The highest BCUT2D eigenvalue weighted by Gasteiger charge is 2.43. The molecule has 0 bridgehead atoms. The van der Waals surface area contributed by atoms with Crippen LogP contribution in [0.5, 0.6) is 0 Å². The number of nitrogens with zero attached hydrogens (tertiary/aromatic N) is 1. The van der Waals surface area contributed by atoms with E-state index in [9.17, 15) is 14.7 Å². The number of amides is 1. The molecule has 1 saturated heterocycles. The summed E-state index contributed by atoms with van der Waals surface area (Å²) in [4.78, 5) is 27.2. The topological polar surface area (TPSA) is 66.8 Å². The van der Waals surface area contributed by atoms with Crippen molar-refractivity contribution in [3.05, 3.63) is 40.1 Å². The minimum Gasteiger partial charge on any atom is -0.512 e. The number of benzene rings is 1. The fourth-order valence-corrected chi connectivity index (χ4v) is 4.82. The lowest BCUT2D eigenvalue weighted by atomic mass is 9.66. The van der Waals surface area contributed by atoms with Gasteiger partial charge in [-0.1, -0.05) is 5.92 Å². The van der Waals surface area contributed by atoms with Crippen molar-refractivity contribution in [2.45, 2.75) is 53.4 Å². The van der Waals surface area contributed by atoms with E-state index in [1.807, 2.05) is 37.8 Å². The second kappa shape index (κ2) is 9.06. The summed E-state index contributed by atoms with van der Waals surface area (Å²) in [5, 5.41) is 11.0. The predicted molar refractivity (Wildman–Crippen MR) is 117 cm³/mol. The van der Waals surface area contributed by atoms with Crippen molar-refractivity contribution < 1.29 is 19.4 Å². The Bertz CT molecular complexity index is 917. The lowest BCUT2D eigenvalue weighted by Crippen LogP contribution is -2.46. The molecule has 1 aliphatic heterocycles. The summed E-state index contributed by atoms with van der Waals surface area (Å²) in [7, 11) is 0. The zero-order chi connectivity index (χ0) is 21.9. The Kier molecular flexibility index (Phi) is 6.67. The zero-order valence-corrected chi connectivity index (χ0v) is 18.4. The molecule has 1 aromatic carbocycles. The van der Waals surface area contributed by atoms with Crippen LogP contribution in [0.1, 0.15) is 61.8 Å². The molecule has 30 heavy (non-hydrogen) atoms. The Morgan fingerprint density at radius 2 is 1.83 bits per heavy atom. The third-order valence-corrected chi connectivity index (χ3v) is 6.30. The van der Waals surface area contributed by atoms with Gasteiger partial charge in [-0.25, -0.2) is 0 Å². The monoisotopic (exact) mass is 409 g/mol. The molecule has 5 heteroatoms. The summed E-state index contributed by atoms with van der Waals surface area (Å²) in [6.45, 7) is 9.42. The van der Waals surface area contributed by atoms with Crippen molar-refractivity contribution in [3.63, 3.8) is 0 Å². The van der Waals surface area contributed by atoms with Crippen molar-refractivity contribution in [3.8, 4) is 11.8 Å². The summed E-state index contributed by atoms with van der Waals surface area (Å²) in [5.41, 5.74) is 3.85. The predicted octanol–water partition coefficient (Wildman–Crippen LogP) is 3.95. The smallest absolute Gasteiger partial charge is 0.248 e. The molecular formula is C25H31NO4. The number of ketones is 1. The Labute approximate surface area is 179 Å². The van der Waals surface area contributed by atoms with Gasteiger partial charge in [0.15, 0.2) is 5.78 Å². The second-order valence-corrected chi connectivity index (χ2v) is 8.48. The minimum absolute atomic E-state index is 0.00388. The molecule has 0 radical (unpaired) electrons. The number of aliphatic hydroxyl groups excluding tert-OH is 1. The van der Waals surface area contributed by atoms with Gasteiger partial charge >= 0.3 is 0 Å². The van der Waals surface area contributed by atoms with Gasteiger partial charge in [0.2, 0.25) is 5.91 Å². The highest BCUT2D eigenvalue weighted by atomic mass is 16.5. The second-order valence-electron chi connectivity index (χ2n) is 8.48. The Balaban J connectivity index is 1.81. The summed E-state index contributed by atoms with van der Waals surface area (Å²) in [6.07, 6.45) is 2.33. The number of likely N-dealkylation sites (tertiary alicyclic amines) is 1. The van der Waals surface area contributed by atoms with Gasteiger partial charge in [-0.15, -0.1) is 5.92 Å². The maximum Gasteiger partial charge on any atom is 0.248 e. The van der Waals surface area contributed by atoms with Crippen molar-refractivity contribution in [1.29, 1.82) is 0 Å². The van der Waals surface area contributed by atoms with Gasteiger partial charge in [0.05, 0.1) is 5.57 Å². The molecule has 2 aliphatic rings. The van der Waals surface area contributed by atoms with Crippen LogP contribution < -0.4 is 0 Å². The molecular weight excluding hydrogens is 378 g/mol. The number of Topliss-reactive ketones (excluding diaryl/α,β-unsaturated/α-hetero) is 1. The van der Waals surface area contributed by atoms with E-state index in [4.69, 9.17) is 4.74 Å². The third-order valence-electron chi connectivity index (χ3n) is 6.30. The van der Waals surface area contributed by atoms with Crippen LogP contribution in [-0.2, 0) is 14.3 Å². The van der Waals surface area contributed by atoms with E-state index in [0.29, 0.717) is 38.1 Å². The lowest BCUT2D eigenvalue weighted by molar-refractivity contribution is -0.138. The first-order valence-electron chi connectivity index (χ1n) is 10.7. The lowest BCUT2D eigenvalue weighted by Gasteiger charge is -2.43. The summed E-state index contributed by atoms with van der Waals surface area (Å²) < 4.78 is 5.23. The third kappa shape index (κ3) is 4.44. The van der Waals surface area contributed by atoms with Gasteiger partial charge in [-0.05, 0) is 74.8 Å². The molecule has 1 aliphatic carbocycles. The molecule has 3 rings (SSSR count). The number of aliphatic hydroxyl groups is 1. The summed E-state index contributed by atoms with van der Waals surface area (Å²) in [5.74, 6) is 6.13. The maximum absolute atomic E-state index is 13.2. The number of rotatable bonds is 4. The minimum atomic E-state index is -0.261. The van der Waals surface area contributed by atoms with E-state index < -0.39 is 0 Å². The molecule has 160 valence electrons. The first-order chi connectivity index (χ1) is 14.3. The number of carbonyl (C=O) groups is 2. The molecule has 1 aromatic rings. The molecule has 1 spiro atoms. The number of allylic oxidation sites excluding steroid dienone is 2. The molecule has 0 unspecified atom stereocenters. The van der Waals surface area contributed by atoms with Gasteiger partial charge in [-0.3, -0.25) is 9.59 Å². The first kappa shape index (κ1) is 22.1. The molecule has 0 aromatic heterocycles. The average Bonchev–Trinajstić information content (AvgIpc) is 2.68. The largest absolute Gasteiger partial charge is 0.512 e. The van der Waals surface area contributed by atoms with E-state index in [0.717, 1.165) is 35.1 Å². The van der Waals surface area contributed by atoms with E-state index in [1.165, 1.54) is 0 Å². The highest BCUT2D eigenvalue weighted by Crippen LogP contribution is 2.47. The van der Waals surface area contributed by atoms with Crippen LogP contribution in [0.25, 0.3) is 5.57 Å². The first-order valence-corrected chi connectivity index (χ1v) is 10.7. The van der Waals surface area contributed by atoms with E-state index in [2.05, 4.69) is 11.8 Å². The van der Waals surface area contributed by atoms with Gasteiger partial charge in [0.1, 0.15) is 12.4 Å². The summed E-state index contributed by atoms with van der Waals surface area (Å²) >= 11 is 0. The number of ether oxygens (including phenoxy) is 1. The quantitative estimate of drug-likeness (QED) is 0.765. The van der Waals surface area contributed by atoms with Crippen LogP contribution in [0, 0.1) is 31.1 Å². The van der Waals surface area contributed by atoms with Crippen LogP contribution in [0.2, 0.25) is 0 Å². The molecule has 1 fully saturated rings. The van der Waals surface area contributed by atoms with Crippen molar-refractivity contribution in [2.24, 2.45) is 5.41 Å². The van der Waals surface area contributed by atoms with Gasteiger partial charge in [-0.2, -0.15) is 0 Å². The molecule has 5 nitrogen and oxygen atoms in total. The van der Waals surface area contributed by atoms with Crippen molar-refractivity contribution in [2.75, 3.05) is 26.3 Å². The zero-order valence-electron chi connectivity index (χ0n) is 18.4. The molecule has 0 saturated carbocycles. The molecule has 0 atom stereocenters.